The summed E-state index contributed by atoms with van der Waals surface area (Å²) in [6.07, 6.45) is 0. The zero-order valence-electron chi connectivity index (χ0n) is 8.79. The zero-order valence-corrected chi connectivity index (χ0v) is 9.60. The Labute approximate surface area is 80.0 Å². The number of nitrogens with zero attached hydrogens (tertiary/aromatic N) is 1. The maximum Gasteiger partial charge on any atom is 0.241 e. The Morgan fingerprint density at radius 3 is 1.92 bits per heavy atom. The van der Waals surface area contributed by atoms with Gasteiger partial charge in [0.25, 0.3) is 0 Å². The van der Waals surface area contributed by atoms with E-state index in [1.165, 1.54) is 14.0 Å². The monoisotopic (exact) mass is 207 g/mol. The summed E-state index contributed by atoms with van der Waals surface area (Å²) in [6.45, 7) is 6.59. The van der Waals surface area contributed by atoms with Crippen molar-refractivity contribution in [3.8, 4) is 0 Å². The van der Waals surface area contributed by atoms with Crippen molar-refractivity contribution in [1.82, 2.24) is 4.31 Å². The van der Waals surface area contributed by atoms with Crippen molar-refractivity contribution in [2.75, 3.05) is 12.8 Å². The molecule has 13 heavy (non-hydrogen) atoms. The van der Waals surface area contributed by atoms with Crippen LogP contribution < -0.4 is 0 Å². The van der Waals surface area contributed by atoms with Gasteiger partial charge < -0.3 is 0 Å². The molecule has 0 aromatic rings. The summed E-state index contributed by atoms with van der Waals surface area (Å²) in [4.78, 5) is 11.5. The lowest BCUT2D eigenvalue weighted by molar-refractivity contribution is -0.133. The van der Waals surface area contributed by atoms with Gasteiger partial charge in [-0.25, -0.2) is 12.7 Å². The van der Waals surface area contributed by atoms with Crippen LogP contribution in [0.2, 0.25) is 0 Å². The fraction of sp³-hybridized carbons (Fsp3) is 0.875. The molecule has 0 rings (SSSR count). The quantitative estimate of drug-likeness (QED) is 0.674. The molecule has 0 saturated carbocycles. The van der Waals surface area contributed by atoms with Gasteiger partial charge in [0.1, 0.15) is 0 Å². The highest BCUT2D eigenvalue weighted by Gasteiger charge is 2.30. The summed E-state index contributed by atoms with van der Waals surface area (Å²) >= 11 is 0. The Morgan fingerprint density at radius 2 is 1.69 bits per heavy atom. The van der Waals surface area contributed by atoms with Gasteiger partial charge in [-0.05, 0) is 6.92 Å². The molecule has 0 aliphatic heterocycles. The van der Waals surface area contributed by atoms with E-state index in [0.29, 0.717) is 0 Å². The molecule has 0 radical (unpaired) electrons. The fourth-order valence-corrected chi connectivity index (χ4v) is 1.71. The third-order valence-electron chi connectivity index (χ3n) is 1.71. The van der Waals surface area contributed by atoms with E-state index in [1.54, 1.807) is 20.8 Å². The van der Waals surface area contributed by atoms with Gasteiger partial charge in [0, 0.05) is 12.5 Å². The summed E-state index contributed by atoms with van der Waals surface area (Å²) < 4.78 is 23.4. The van der Waals surface area contributed by atoms with Crippen LogP contribution >= 0.6 is 0 Å². The standard InChI is InChI=1S/C8H17NO3S/c1-6-13(11,12)9(5)7(10)8(2,3)4/h6H2,1-5H3. The van der Waals surface area contributed by atoms with Crippen LogP contribution in [0.25, 0.3) is 0 Å². The molecule has 0 heterocycles. The van der Waals surface area contributed by atoms with Gasteiger partial charge in [0.05, 0.1) is 5.75 Å². The molecule has 0 aliphatic carbocycles. The first-order valence-corrected chi connectivity index (χ1v) is 5.75. The van der Waals surface area contributed by atoms with Crippen LogP contribution in [0.4, 0.5) is 0 Å². The van der Waals surface area contributed by atoms with Crippen molar-refractivity contribution >= 4 is 15.9 Å². The lowest BCUT2D eigenvalue weighted by Crippen LogP contribution is -2.41. The molecular formula is C8H17NO3S. The SMILES string of the molecule is CCS(=O)(=O)N(C)C(=O)C(C)(C)C. The van der Waals surface area contributed by atoms with Crippen molar-refractivity contribution in [2.45, 2.75) is 27.7 Å². The van der Waals surface area contributed by atoms with E-state index in [1.807, 2.05) is 0 Å². The summed E-state index contributed by atoms with van der Waals surface area (Å²) in [5.74, 6) is -0.431. The van der Waals surface area contributed by atoms with Crippen LogP contribution in [-0.4, -0.2) is 31.4 Å². The van der Waals surface area contributed by atoms with E-state index in [9.17, 15) is 13.2 Å². The lowest BCUT2D eigenvalue weighted by atomic mass is 9.96. The number of sulfonamides is 1. The maximum atomic E-state index is 11.5. The number of hydrogen-bond donors (Lipinski definition) is 0. The number of amides is 1. The summed E-state index contributed by atoms with van der Waals surface area (Å²) in [7, 11) is -2.10. The van der Waals surface area contributed by atoms with E-state index in [0.717, 1.165) is 4.31 Å². The van der Waals surface area contributed by atoms with E-state index in [4.69, 9.17) is 0 Å². The Kier molecular flexibility index (Phi) is 3.49. The maximum absolute atomic E-state index is 11.5. The number of carbonyl (C=O) groups excluding carboxylic acids is 1. The molecule has 0 bridgehead atoms. The molecule has 0 N–H and O–H groups in total. The normalized spacial score (nSPS) is 12.7. The predicted octanol–water partition coefficient (Wildman–Crippen LogP) is 0.841. The van der Waals surface area contributed by atoms with E-state index in [2.05, 4.69) is 0 Å². The molecule has 0 aliphatic rings. The summed E-state index contributed by atoms with van der Waals surface area (Å²) in [5, 5.41) is 0. The van der Waals surface area contributed by atoms with E-state index < -0.39 is 15.4 Å². The van der Waals surface area contributed by atoms with E-state index in [-0.39, 0.29) is 11.7 Å². The second-order valence-electron chi connectivity index (χ2n) is 3.92. The zero-order chi connectivity index (χ0) is 10.9. The van der Waals surface area contributed by atoms with Crippen molar-refractivity contribution in [1.29, 1.82) is 0 Å². The van der Waals surface area contributed by atoms with Crippen LogP contribution in [-0.2, 0) is 14.8 Å². The van der Waals surface area contributed by atoms with Crippen molar-refractivity contribution < 1.29 is 13.2 Å². The molecule has 0 saturated heterocycles. The Morgan fingerprint density at radius 1 is 1.31 bits per heavy atom. The third kappa shape index (κ3) is 2.99. The first kappa shape index (κ1) is 12.4. The molecule has 0 fully saturated rings. The van der Waals surface area contributed by atoms with Gasteiger partial charge in [-0.2, -0.15) is 0 Å². The Hall–Kier alpha value is -0.580. The fourth-order valence-electron chi connectivity index (χ4n) is 0.792. The van der Waals surface area contributed by atoms with Gasteiger partial charge in [0.2, 0.25) is 15.9 Å². The van der Waals surface area contributed by atoms with Crippen molar-refractivity contribution in [3.05, 3.63) is 0 Å². The average molecular weight is 207 g/mol. The van der Waals surface area contributed by atoms with Gasteiger partial charge in [0.15, 0.2) is 0 Å². The minimum atomic E-state index is -3.40. The Balaban J connectivity index is 4.84. The number of hydrogen-bond acceptors (Lipinski definition) is 3. The first-order valence-electron chi connectivity index (χ1n) is 4.14. The average Bonchev–Trinajstić information content (AvgIpc) is 2.00. The number of rotatable bonds is 2. The summed E-state index contributed by atoms with van der Waals surface area (Å²) in [6, 6.07) is 0. The van der Waals surface area contributed by atoms with Crippen molar-refractivity contribution in [3.63, 3.8) is 0 Å². The molecule has 0 aromatic heterocycles. The third-order valence-corrected chi connectivity index (χ3v) is 3.44. The highest BCUT2D eigenvalue weighted by Crippen LogP contribution is 2.18. The topological polar surface area (TPSA) is 54.5 Å². The van der Waals surface area contributed by atoms with Crippen molar-refractivity contribution in [2.24, 2.45) is 5.41 Å². The van der Waals surface area contributed by atoms with Crippen LogP contribution in [0.15, 0.2) is 0 Å². The van der Waals surface area contributed by atoms with Gasteiger partial charge >= 0.3 is 0 Å². The molecule has 0 spiro atoms. The largest absolute Gasteiger partial charge is 0.273 e. The molecule has 78 valence electrons. The molecule has 0 aromatic carbocycles. The summed E-state index contributed by atoms with van der Waals surface area (Å²) in [5.41, 5.74) is -0.656. The lowest BCUT2D eigenvalue weighted by Gasteiger charge is -2.24. The van der Waals surface area contributed by atoms with Gasteiger partial charge in [-0.1, -0.05) is 20.8 Å². The predicted molar refractivity (Wildman–Crippen MR) is 51.7 cm³/mol. The van der Waals surface area contributed by atoms with Crippen LogP contribution in [0.1, 0.15) is 27.7 Å². The Bertz CT molecular complexity index is 287. The van der Waals surface area contributed by atoms with Crippen LogP contribution in [0.3, 0.4) is 0 Å². The second kappa shape index (κ2) is 3.65. The molecule has 5 heteroatoms. The highest BCUT2D eigenvalue weighted by atomic mass is 32.2. The molecule has 1 amide bonds. The molecular weight excluding hydrogens is 190 g/mol. The van der Waals surface area contributed by atoms with Crippen LogP contribution in [0.5, 0.6) is 0 Å². The highest BCUT2D eigenvalue weighted by molar-refractivity contribution is 7.89. The van der Waals surface area contributed by atoms with Gasteiger partial charge in [-0.15, -0.1) is 0 Å². The van der Waals surface area contributed by atoms with E-state index >= 15 is 0 Å². The van der Waals surface area contributed by atoms with Crippen LogP contribution in [0, 0.1) is 5.41 Å². The smallest absolute Gasteiger partial charge is 0.241 e. The molecule has 0 atom stereocenters. The minimum Gasteiger partial charge on any atom is -0.273 e. The van der Waals surface area contributed by atoms with Gasteiger partial charge in [-0.3, -0.25) is 4.79 Å². The number of carbonyl (C=O) groups is 1. The first-order chi connectivity index (χ1) is 5.63. The second-order valence-corrected chi connectivity index (χ2v) is 6.21. The molecule has 0 unspecified atom stereocenters. The minimum absolute atomic E-state index is 0.0503. The molecule has 4 nitrogen and oxygen atoms in total.